The SMILES string of the molecule is CCCCCCCCCCCCCCCCCC[n+]1c(C=Cc2ccc(N(C)C)cc2)sc2ccccc21. The Morgan fingerprint density at radius 2 is 1.16 bits per heavy atom. The third kappa shape index (κ3) is 10.9. The van der Waals surface area contributed by atoms with Gasteiger partial charge in [0.25, 0.3) is 5.01 Å². The van der Waals surface area contributed by atoms with Crippen molar-refractivity contribution >= 4 is 39.4 Å². The van der Waals surface area contributed by atoms with Crippen LogP contribution in [0.15, 0.2) is 48.5 Å². The van der Waals surface area contributed by atoms with Gasteiger partial charge in [-0.3, -0.25) is 0 Å². The monoisotopic (exact) mass is 533 g/mol. The van der Waals surface area contributed by atoms with E-state index in [1.807, 2.05) is 11.3 Å². The average Bonchev–Trinajstić information content (AvgIpc) is 3.29. The van der Waals surface area contributed by atoms with Crippen LogP contribution >= 0.6 is 11.3 Å². The fraction of sp³-hybridized carbons (Fsp3) is 0.571. The van der Waals surface area contributed by atoms with Gasteiger partial charge < -0.3 is 4.90 Å². The minimum atomic E-state index is 1.11. The number of aromatic nitrogens is 1. The highest BCUT2D eigenvalue weighted by molar-refractivity contribution is 7.18. The maximum Gasteiger partial charge on any atom is 0.262 e. The van der Waals surface area contributed by atoms with E-state index in [1.54, 1.807) is 0 Å². The Kier molecular flexibility index (Phi) is 14.6. The van der Waals surface area contributed by atoms with Crippen molar-refractivity contribution in [3.8, 4) is 0 Å². The van der Waals surface area contributed by atoms with E-state index < -0.39 is 0 Å². The summed E-state index contributed by atoms with van der Waals surface area (Å²) in [6, 6.07) is 17.7. The smallest absolute Gasteiger partial charge is 0.262 e. The van der Waals surface area contributed by atoms with Gasteiger partial charge in [-0.2, -0.15) is 4.57 Å². The molecule has 0 bridgehead atoms. The number of aryl methyl sites for hydroxylation is 1. The van der Waals surface area contributed by atoms with Crippen molar-refractivity contribution in [3.63, 3.8) is 0 Å². The first-order valence-electron chi connectivity index (χ1n) is 15.6. The molecule has 0 fully saturated rings. The molecule has 1 heterocycles. The Morgan fingerprint density at radius 1 is 0.632 bits per heavy atom. The zero-order valence-corrected chi connectivity index (χ0v) is 25.4. The van der Waals surface area contributed by atoms with E-state index in [-0.39, 0.29) is 0 Å². The molecule has 3 rings (SSSR count). The minimum Gasteiger partial charge on any atom is -0.378 e. The topological polar surface area (TPSA) is 7.12 Å². The molecule has 2 nitrogen and oxygen atoms in total. The first-order chi connectivity index (χ1) is 18.7. The fourth-order valence-corrected chi connectivity index (χ4v) is 6.37. The molecular weight excluding hydrogens is 480 g/mol. The second-order valence-electron chi connectivity index (χ2n) is 11.2. The van der Waals surface area contributed by atoms with Crippen LogP contribution in [0.4, 0.5) is 5.69 Å². The molecule has 0 radical (unpaired) electrons. The van der Waals surface area contributed by atoms with E-state index in [9.17, 15) is 0 Å². The second kappa shape index (κ2) is 18.2. The predicted molar refractivity (Wildman–Crippen MR) is 171 cm³/mol. The van der Waals surface area contributed by atoms with E-state index >= 15 is 0 Å². The Morgan fingerprint density at radius 3 is 1.71 bits per heavy atom. The molecule has 0 saturated heterocycles. The van der Waals surface area contributed by atoms with Crippen LogP contribution in [0.25, 0.3) is 22.4 Å². The largest absolute Gasteiger partial charge is 0.378 e. The highest BCUT2D eigenvalue weighted by Crippen LogP contribution is 2.23. The zero-order chi connectivity index (χ0) is 26.8. The molecule has 3 aromatic rings. The van der Waals surface area contributed by atoms with Crippen LogP contribution in [0, 0.1) is 0 Å². The maximum absolute atomic E-state index is 2.54. The standard InChI is InChI=1S/C35H53N2S/c1-4-5-6-7-8-9-10-11-12-13-14-15-16-17-18-21-30-37-33-22-19-20-23-34(33)38-35(37)29-26-31-24-27-32(28-25-31)36(2)3/h19-20,22-29H,4-18,21,30H2,1-3H3/q+1. The molecule has 208 valence electrons. The molecule has 0 spiro atoms. The summed E-state index contributed by atoms with van der Waals surface area (Å²) in [7, 11) is 4.17. The Balaban J connectivity index is 1.33. The molecule has 0 atom stereocenters. The number of para-hydroxylation sites is 1. The second-order valence-corrected chi connectivity index (χ2v) is 12.2. The van der Waals surface area contributed by atoms with Gasteiger partial charge in [-0.1, -0.05) is 132 Å². The highest BCUT2D eigenvalue weighted by atomic mass is 32.1. The van der Waals surface area contributed by atoms with Gasteiger partial charge in [0, 0.05) is 38.3 Å². The van der Waals surface area contributed by atoms with Crippen LogP contribution in [0.2, 0.25) is 0 Å². The van der Waals surface area contributed by atoms with E-state index in [0.29, 0.717) is 0 Å². The number of nitrogens with zero attached hydrogens (tertiary/aromatic N) is 2. The molecule has 3 heteroatoms. The van der Waals surface area contributed by atoms with Crippen molar-refractivity contribution in [2.24, 2.45) is 0 Å². The van der Waals surface area contributed by atoms with Crippen molar-refractivity contribution in [2.75, 3.05) is 19.0 Å². The van der Waals surface area contributed by atoms with Crippen LogP contribution in [0.1, 0.15) is 120 Å². The molecule has 2 aromatic carbocycles. The van der Waals surface area contributed by atoms with E-state index in [1.165, 1.54) is 129 Å². The summed E-state index contributed by atoms with van der Waals surface area (Å²) in [5, 5.41) is 1.35. The molecule has 0 aliphatic heterocycles. The minimum absolute atomic E-state index is 1.11. The number of unbranched alkanes of at least 4 members (excludes halogenated alkanes) is 15. The van der Waals surface area contributed by atoms with Gasteiger partial charge in [0.05, 0.1) is 0 Å². The van der Waals surface area contributed by atoms with Gasteiger partial charge in [-0.25, -0.2) is 0 Å². The van der Waals surface area contributed by atoms with Crippen molar-refractivity contribution in [2.45, 2.75) is 116 Å². The Hall–Kier alpha value is -2.13. The van der Waals surface area contributed by atoms with E-state index in [0.717, 1.165) is 6.54 Å². The summed E-state index contributed by atoms with van der Waals surface area (Å²) in [5.41, 5.74) is 3.87. The fourth-order valence-electron chi connectivity index (χ4n) is 5.28. The third-order valence-electron chi connectivity index (χ3n) is 7.70. The molecule has 0 saturated carbocycles. The highest BCUT2D eigenvalue weighted by Gasteiger charge is 2.17. The number of anilines is 1. The van der Waals surface area contributed by atoms with Crippen LogP contribution in [-0.4, -0.2) is 14.1 Å². The molecular formula is C35H53N2S+. The van der Waals surface area contributed by atoms with Gasteiger partial charge >= 0.3 is 0 Å². The number of thiazole rings is 1. The summed E-state index contributed by atoms with van der Waals surface area (Å²) in [5.74, 6) is 0. The molecule has 0 amide bonds. The van der Waals surface area contributed by atoms with Gasteiger partial charge in [-0.05, 0) is 36.3 Å². The number of hydrogen-bond donors (Lipinski definition) is 0. The average molecular weight is 534 g/mol. The molecule has 0 aliphatic rings. The maximum atomic E-state index is 2.54. The number of rotatable bonds is 20. The lowest BCUT2D eigenvalue weighted by Crippen LogP contribution is -2.34. The lowest BCUT2D eigenvalue weighted by atomic mass is 10.0. The summed E-state index contributed by atoms with van der Waals surface area (Å²) in [6.07, 6.45) is 27.2. The lowest BCUT2D eigenvalue weighted by molar-refractivity contribution is -0.669. The molecule has 1 aromatic heterocycles. The van der Waals surface area contributed by atoms with E-state index in [2.05, 4.69) is 91.2 Å². The number of fused-ring (bicyclic) bond motifs is 1. The Labute approximate surface area is 237 Å². The van der Waals surface area contributed by atoms with Crippen molar-refractivity contribution in [1.29, 1.82) is 0 Å². The van der Waals surface area contributed by atoms with Crippen LogP contribution in [0.5, 0.6) is 0 Å². The predicted octanol–water partition coefficient (Wildman–Crippen LogP) is 10.7. The number of benzene rings is 2. The quantitative estimate of drug-likeness (QED) is 0.103. The van der Waals surface area contributed by atoms with Crippen molar-refractivity contribution in [1.82, 2.24) is 0 Å². The van der Waals surface area contributed by atoms with Crippen molar-refractivity contribution < 1.29 is 4.57 Å². The summed E-state index contributed by atoms with van der Waals surface area (Å²) < 4.78 is 3.92. The first-order valence-corrected chi connectivity index (χ1v) is 16.4. The normalized spacial score (nSPS) is 11.7. The van der Waals surface area contributed by atoms with Gasteiger partial charge in [0.1, 0.15) is 4.70 Å². The van der Waals surface area contributed by atoms with E-state index in [4.69, 9.17) is 0 Å². The lowest BCUT2D eigenvalue weighted by Gasteiger charge is -2.11. The Bertz CT molecular complexity index is 1050. The van der Waals surface area contributed by atoms with Crippen LogP contribution < -0.4 is 9.47 Å². The van der Waals surface area contributed by atoms with Gasteiger partial charge in [-0.15, -0.1) is 0 Å². The van der Waals surface area contributed by atoms with Crippen LogP contribution in [0.3, 0.4) is 0 Å². The number of hydrogen-bond acceptors (Lipinski definition) is 2. The van der Waals surface area contributed by atoms with Crippen molar-refractivity contribution in [3.05, 3.63) is 59.1 Å². The summed E-state index contributed by atoms with van der Waals surface area (Å²) in [4.78, 5) is 2.14. The molecule has 0 N–H and O–H groups in total. The third-order valence-corrected chi connectivity index (χ3v) is 8.83. The van der Waals surface area contributed by atoms with Gasteiger partial charge in [0.2, 0.25) is 5.52 Å². The first kappa shape index (κ1) is 30.4. The molecule has 0 unspecified atom stereocenters. The molecule has 38 heavy (non-hydrogen) atoms. The summed E-state index contributed by atoms with van der Waals surface area (Å²) in [6.45, 7) is 3.41. The van der Waals surface area contributed by atoms with Crippen LogP contribution in [-0.2, 0) is 6.54 Å². The van der Waals surface area contributed by atoms with Gasteiger partial charge in [0.15, 0.2) is 6.54 Å². The zero-order valence-electron chi connectivity index (χ0n) is 24.6. The summed E-state index contributed by atoms with van der Waals surface area (Å²) >= 11 is 1.91. The molecule has 0 aliphatic carbocycles.